The Morgan fingerprint density at radius 1 is 1.39 bits per heavy atom. The monoisotopic (exact) mass is 287 g/mol. The first kappa shape index (κ1) is 13.2. The minimum atomic E-state index is -3.49. The fourth-order valence-electron chi connectivity index (χ4n) is 1.35. The Hall–Kier alpha value is -1.22. The van der Waals surface area contributed by atoms with Crippen molar-refractivity contribution in [2.24, 2.45) is 5.73 Å². The number of sulfonamides is 1. The van der Waals surface area contributed by atoms with Crippen LogP contribution in [0.15, 0.2) is 33.1 Å². The van der Waals surface area contributed by atoms with Crippen molar-refractivity contribution in [2.45, 2.75) is 17.2 Å². The van der Waals surface area contributed by atoms with E-state index in [9.17, 15) is 8.42 Å². The summed E-state index contributed by atoms with van der Waals surface area (Å²) in [7, 11) is -3.49. The van der Waals surface area contributed by atoms with E-state index in [0.29, 0.717) is 18.7 Å². The molecule has 8 heteroatoms. The molecule has 18 heavy (non-hydrogen) atoms. The number of hydrogen-bond acceptors (Lipinski definition) is 6. The Bertz CT molecular complexity index is 590. The first-order chi connectivity index (χ1) is 8.62. The molecule has 0 bridgehead atoms. The molecule has 0 spiro atoms. The zero-order valence-electron chi connectivity index (χ0n) is 9.50. The molecule has 2 aromatic rings. The molecule has 0 aliphatic rings. The minimum Gasteiger partial charge on any atom is -0.360 e. The normalized spacial score (nSPS) is 11.8. The average molecular weight is 287 g/mol. The Labute approximate surface area is 109 Å². The van der Waals surface area contributed by atoms with Crippen LogP contribution in [0.1, 0.15) is 10.6 Å². The van der Waals surface area contributed by atoms with E-state index in [1.54, 1.807) is 18.2 Å². The topological polar surface area (TPSA) is 98.2 Å². The summed E-state index contributed by atoms with van der Waals surface area (Å²) < 4.78 is 31.5. The van der Waals surface area contributed by atoms with Crippen molar-refractivity contribution < 1.29 is 12.9 Å². The van der Waals surface area contributed by atoms with Gasteiger partial charge in [0.2, 0.25) is 10.0 Å². The zero-order chi connectivity index (χ0) is 13.0. The SMILES string of the molecule is NCCc1ccc(S(=O)(=O)NCc2ccno2)s1. The number of thiophene rings is 1. The van der Waals surface area contributed by atoms with Crippen LogP contribution in [-0.4, -0.2) is 20.1 Å². The van der Waals surface area contributed by atoms with Gasteiger partial charge in [-0.1, -0.05) is 5.16 Å². The van der Waals surface area contributed by atoms with Gasteiger partial charge in [0.1, 0.15) is 4.21 Å². The van der Waals surface area contributed by atoms with Crippen LogP contribution in [0.25, 0.3) is 0 Å². The highest BCUT2D eigenvalue weighted by Gasteiger charge is 2.17. The van der Waals surface area contributed by atoms with Crippen LogP contribution in [0, 0.1) is 0 Å². The lowest BCUT2D eigenvalue weighted by atomic mass is 10.3. The molecule has 2 rings (SSSR count). The Kier molecular flexibility index (Phi) is 4.12. The van der Waals surface area contributed by atoms with Crippen molar-refractivity contribution in [3.63, 3.8) is 0 Å². The van der Waals surface area contributed by atoms with E-state index in [2.05, 4.69) is 9.88 Å². The summed E-state index contributed by atoms with van der Waals surface area (Å²) in [5.41, 5.74) is 5.42. The van der Waals surface area contributed by atoms with E-state index >= 15 is 0 Å². The van der Waals surface area contributed by atoms with Crippen LogP contribution in [0.3, 0.4) is 0 Å². The van der Waals surface area contributed by atoms with Crippen molar-refractivity contribution in [1.82, 2.24) is 9.88 Å². The van der Waals surface area contributed by atoms with Crippen molar-refractivity contribution in [2.75, 3.05) is 6.54 Å². The highest BCUT2D eigenvalue weighted by atomic mass is 32.2. The molecule has 0 fully saturated rings. The van der Waals surface area contributed by atoms with Gasteiger partial charge in [-0.3, -0.25) is 0 Å². The molecule has 0 saturated heterocycles. The second-order valence-electron chi connectivity index (χ2n) is 3.56. The van der Waals surface area contributed by atoms with Crippen molar-refractivity contribution in [3.8, 4) is 0 Å². The molecule has 98 valence electrons. The van der Waals surface area contributed by atoms with Gasteiger partial charge in [0.05, 0.1) is 12.7 Å². The molecule has 6 nitrogen and oxygen atoms in total. The van der Waals surface area contributed by atoms with Gasteiger partial charge in [-0.15, -0.1) is 11.3 Å². The quantitative estimate of drug-likeness (QED) is 0.815. The first-order valence-corrected chi connectivity index (χ1v) is 7.60. The fraction of sp³-hybridized carbons (Fsp3) is 0.300. The van der Waals surface area contributed by atoms with Crippen LogP contribution in [0.5, 0.6) is 0 Å². The predicted octanol–water partition coefficient (Wildman–Crippen LogP) is 0.716. The summed E-state index contributed by atoms with van der Waals surface area (Å²) in [6.07, 6.45) is 2.15. The summed E-state index contributed by atoms with van der Waals surface area (Å²) in [6.45, 7) is 0.595. The fourth-order valence-corrected chi connectivity index (χ4v) is 3.76. The third kappa shape index (κ3) is 3.16. The molecule has 0 amide bonds. The third-order valence-corrected chi connectivity index (χ3v) is 5.26. The van der Waals surface area contributed by atoms with Gasteiger partial charge >= 0.3 is 0 Å². The van der Waals surface area contributed by atoms with Gasteiger partial charge in [-0.25, -0.2) is 13.1 Å². The van der Waals surface area contributed by atoms with E-state index in [0.717, 1.165) is 4.88 Å². The summed E-state index contributed by atoms with van der Waals surface area (Å²) in [4.78, 5) is 0.956. The number of nitrogens with two attached hydrogens (primary N) is 1. The van der Waals surface area contributed by atoms with Crippen LogP contribution >= 0.6 is 11.3 Å². The van der Waals surface area contributed by atoms with Gasteiger partial charge < -0.3 is 10.3 Å². The van der Waals surface area contributed by atoms with Gasteiger partial charge in [0.25, 0.3) is 0 Å². The van der Waals surface area contributed by atoms with E-state index in [-0.39, 0.29) is 10.8 Å². The van der Waals surface area contributed by atoms with Gasteiger partial charge in [-0.2, -0.15) is 0 Å². The van der Waals surface area contributed by atoms with E-state index in [4.69, 9.17) is 10.3 Å². The summed E-state index contributed by atoms with van der Waals surface area (Å²) in [6, 6.07) is 4.97. The smallest absolute Gasteiger partial charge is 0.250 e. The molecule has 0 radical (unpaired) electrons. The molecule has 2 aromatic heterocycles. The number of hydrogen-bond donors (Lipinski definition) is 2. The summed E-state index contributed by atoms with van der Waals surface area (Å²) in [5.74, 6) is 0.470. The lowest BCUT2D eigenvalue weighted by molar-refractivity contribution is 0.380. The Morgan fingerprint density at radius 3 is 2.89 bits per heavy atom. The van der Waals surface area contributed by atoms with Crippen molar-refractivity contribution in [3.05, 3.63) is 35.0 Å². The van der Waals surface area contributed by atoms with Crippen LogP contribution in [-0.2, 0) is 23.0 Å². The van der Waals surface area contributed by atoms with E-state index in [1.807, 2.05) is 0 Å². The highest BCUT2D eigenvalue weighted by molar-refractivity contribution is 7.91. The van der Waals surface area contributed by atoms with Crippen LogP contribution in [0.2, 0.25) is 0 Å². The summed E-state index contributed by atoms with van der Waals surface area (Å²) in [5, 5.41) is 3.50. The molecule has 0 aromatic carbocycles. The maximum atomic E-state index is 12.0. The molecule has 0 unspecified atom stereocenters. The van der Waals surface area contributed by atoms with Crippen LogP contribution < -0.4 is 10.5 Å². The Morgan fingerprint density at radius 2 is 2.22 bits per heavy atom. The second-order valence-corrected chi connectivity index (χ2v) is 6.72. The molecule has 2 heterocycles. The van der Waals surface area contributed by atoms with Gasteiger partial charge in [0.15, 0.2) is 5.76 Å². The molecular formula is C10H13N3O3S2. The highest BCUT2D eigenvalue weighted by Crippen LogP contribution is 2.21. The molecule has 0 atom stereocenters. The first-order valence-electron chi connectivity index (χ1n) is 5.30. The number of aromatic nitrogens is 1. The molecule has 3 N–H and O–H groups in total. The van der Waals surface area contributed by atoms with Crippen molar-refractivity contribution in [1.29, 1.82) is 0 Å². The zero-order valence-corrected chi connectivity index (χ0v) is 11.1. The third-order valence-electron chi connectivity index (χ3n) is 2.22. The molecule has 0 saturated carbocycles. The lowest BCUT2D eigenvalue weighted by Gasteiger charge is -2.01. The van der Waals surface area contributed by atoms with Crippen molar-refractivity contribution >= 4 is 21.4 Å². The van der Waals surface area contributed by atoms with Gasteiger partial charge in [0, 0.05) is 10.9 Å². The largest absolute Gasteiger partial charge is 0.360 e. The number of rotatable bonds is 6. The lowest BCUT2D eigenvalue weighted by Crippen LogP contribution is -2.22. The minimum absolute atomic E-state index is 0.0897. The predicted molar refractivity (Wildman–Crippen MR) is 67.6 cm³/mol. The number of nitrogens with one attached hydrogen (secondary N) is 1. The second kappa shape index (κ2) is 5.61. The molecule has 0 aliphatic carbocycles. The van der Waals surface area contributed by atoms with E-state index < -0.39 is 10.0 Å². The standard InChI is InChI=1S/C10H13N3O3S2/c11-5-3-9-1-2-10(17-9)18(14,15)13-7-8-4-6-12-16-8/h1-2,4,6,13H,3,5,7,11H2. The Balaban J connectivity index is 2.05. The maximum Gasteiger partial charge on any atom is 0.250 e. The summed E-state index contributed by atoms with van der Waals surface area (Å²) >= 11 is 1.22. The molecular weight excluding hydrogens is 274 g/mol. The van der Waals surface area contributed by atoms with Crippen LogP contribution in [0.4, 0.5) is 0 Å². The van der Waals surface area contributed by atoms with E-state index in [1.165, 1.54) is 17.5 Å². The average Bonchev–Trinajstić information content (AvgIpc) is 2.98. The maximum absolute atomic E-state index is 12.0. The molecule has 0 aliphatic heterocycles. The van der Waals surface area contributed by atoms with Gasteiger partial charge in [-0.05, 0) is 25.1 Å². The number of nitrogens with zero attached hydrogens (tertiary/aromatic N) is 1.